The van der Waals surface area contributed by atoms with Crippen LogP contribution in [0.25, 0.3) is 0 Å². The van der Waals surface area contributed by atoms with Crippen LogP contribution < -0.4 is 10.1 Å². The van der Waals surface area contributed by atoms with Gasteiger partial charge in [0.2, 0.25) is 5.91 Å². The van der Waals surface area contributed by atoms with E-state index in [1.54, 1.807) is 11.3 Å². The number of benzene rings is 1. The average molecular weight is 566 g/mol. The summed E-state index contributed by atoms with van der Waals surface area (Å²) in [5.74, 6) is 2.19. The number of ether oxygens (including phenoxy) is 1. The first-order chi connectivity index (χ1) is 18.6. The summed E-state index contributed by atoms with van der Waals surface area (Å²) in [6.07, 6.45) is 3.80. The number of aromatic nitrogens is 3. The van der Waals surface area contributed by atoms with Crippen LogP contribution in [-0.4, -0.2) is 26.4 Å². The number of nitrogens with zero attached hydrogens (tertiary/aromatic N) is 4. The number of thioether (sulfide) groups is 1. The van der Waals surface area contributed by atoms with Gasteiger partial charge >= 0.3 is 0 Å². The Morgan fingerprint density at radius 2 is 2.10 bits per heavy atom. The second kappa shape index (κ2) is 12.1. The lowest BCUT2D eigenvalue weighted by atomic mass is 9.69. The third kappa shape index (κ3) is 6.17. The van der Waals surface area contributed by atoms with Crippen LogP contribution in [0.1, 0.15) is 86.5 Å². The SMILES string of the molecule is CCn1c(SCC(=O)Nc2sc3c(c2C#N)CCC(C(C)(C)CC)C3)nnc1C(C)Oc1cccc(C)c1C. The van der Waals surface area contributed by atoms with Crippen molar-refractivity contribution < 1.29 is 9.53 Å². The van der Waals surface area contributed by atoms with Crippen LogP contribution in [0.4, 0.5) is 5.00 Å². The van der Waals surface area contributed by atoms with E-state index in [0.29, 0.717) is 28.2 Å². The second-order valence-corrected chi connectivity index (χ2v) is 13.0. The minimum atomic E-state index is -0.293. The molecule has 2 atom stereocenters. The minimum Gasteiger partial charge on any atom is -0.482 e. The van der Waals surface area contributed by atoms with E-state index in [9.17, 15) is 10.1 Å². The second-order valence-electron chi connectivity index (χ2n) is 11.0. The van der Waals surface area contributed by atoms with Crippen LogP contribution in [0, 0.1) is 36.5 Å². The van der Waals surface area contributed by atoms with Crippen molar-refractivity contribution in [3.63, 3.8) is 0 Å². The maximum absolute atomic E-state index is 13.0. The predicted molar refractivity (Wildman–Crippen MR) is 159 cm³/mol. The van der Waals surface area contributed by atoms with Crippen LogP contribution >= 0.6 is 23.1 Å². The number of carbonyl (C=O) groups excluding carboxylic acids is 1. The Balaban J connectivity index is 1.42. The van der Waals surface area contributed by atoms with Gasteiger partial charge in [-0.05, 0) is 81.0 Å². The Hall–Kier alpha value is -2.83. The van der Waals surface area contributed by atoms with E-state index in [1.807, 2.05) is 37.5 Å². The van der Waals surface area contributed by atoms with Gasteiger partial charge in [-0.2, -0.15) is 5.26 Å². The van der Waals surface area contributed by atoms with Crippen molar-refractivity contribution in [3.8, 4) is 11.8 Å². The van der Waals surface area contributed by atoms with Gasteiger partial charge in [0, 0.05) is 11.4 Å². The van der Waals surface area contributed by atoms with Gasteiger partial charge in [0.15, 0.2) is 17.1 Å². The molecule has 0 bridgehead atoms. The number of anilines is 1. The monoisotopic (exact) mass is 565 g/mol. The fourth-order valence-corrected chi connectivity index (χ4v) is 7.24. The number of fused-ring (bicyclic) bond motifs is 1. The minimum absolute atomic E-state index is 0.146. The van der Waals surface area contributed by atoms with E-state index >= 15 is 0 Å². The maximum Gasteiger partial charge on any atom is 0.235 e. The van der Waals surface area contributed by atoms with E-state index in [2.05, 4.69) is 55.3 Å². The fourth-order valence-electron chi connectivity index (χ4n) is 5.14. The molecule has 1 N–H and O–H groups in total. The highest BCUT2D eigenvalue weighted by molar-refractivity contribution is 7.99. The Morgan fingerprint density at radius 3 is 2.79 bits per heavy atom. The Bertz CT molecular complexity index is 1380. The van der Waals surface area contributed by atoms with Crippen molar-refractivity contribution >= 4 is 34.0 Å². The number of thiophene rings is 1. The number of nitrogens with one attached hydrogen (secondary N) is 1. The van der Waals surface area contributed by atoms with Crippen molar-refractivity contribution in [2.24, 2.45) is 11.3 Å². The number of rotatable bonds is 10. The van der Waals surface area contributed by atoms with E-state index in [-0.39, 0.29) is 23.2 Å². The lowest BCUT2D eigenvalue weighted by Crippen LogP contribution is -2.28. The summed E-state index contributed by atoms with van der Waals surface area (Å²) in [5.41, 5.74) is 4.31. The van der Waals surface area contributed by atoms with Crippen LogP contribution in [0.2, 0.25) is 0 Å². The molecule has 2 aromatic heterocycles. The number of aryl methyl sites for hydroxylation is 1. The van der Waals surface area contributed by atoms with Gasteiger partial charge in [0.1, 0.15) is 16.8 Å². The van der Waals surface area contributed by atoms with E-state index in [4.69, 9.17) is 4.74 Å². The molecule has 1 amide bonds. The van der Waals surface area contributed by atoms with E-state index < -0.39 is 0 Å². The Labute approximate surface area is 240 Å². The molecule has 4 rings (SSSR count). The van der Waals surface area contributed by atoms with Gasteiger partial charge in [-0.3, -0.25) is 4.79 Å². The van der Waals surface area contributed by atoms with Crippen LogP contribution in [-0.2, 0) is 24.2 Å². The summed E-state index contributed by atoms with van der Waals surface area (Å²) in [7, 11) is 0. The molecule has 0 saturated carbocycles. The number of hydrogen-bond acceptors (Lipinski definition) is 7. The zero-order chi connectivity index (χ0) is 28.3. The fraction of sp³-hybridized carbons (Fsp3) is 0.533. The quantitative estimate of drug-likeness (QED) is 0.260. The molecular formula is C30H39N5O2S2. The van der Waals surface area contributed by atoms with Crippen molar-refractivity contribution in [1.82, 2.24) is 14.8 Å². The highest BCUT2D eigenvalue weighted by Gasteiger charge is 2.34. The first-order valence-electron chi connectivity index (χ1n) is 13.7. The Morgan fingerprint density at radius 1 is 1.33 bits per heavy atom. The maximum atomic E-state index is 13.0. The van der Waals surface area contributed by atoms with Crippen LogP contribution in [0.3, 0.4) is 0 Å². The molecule has 0 spiro atoms. The zero-order valence-electron chi connectivity index (χ0n) is 24.1. The highest BCUT2D eigenvalue weighted by Crippen LogP contribution is 2.45. The van der Waals surface area contributed by atoms with Crippen molar-refractivity contribution in [1.29, 1.82) is 5.26 Å². The number of hydrogen-bond donors (Lipinski definition) is 1. The molecule has 1 aliphatic carbocycles. The molecule has 0 radical (unpaired) electrons. The molecule has 2 unspecified atom stereocenters. The smallest absolute Gasteiger partial charge is 0.235 e. The number of amides is 1. The molecular weight excluding hydrogens is 526 g/mol. The standard InChI is InChI=1S/C30H39N5O2S2/c1-8-30(6,7)21-13-14-22-23(16-31)28(39-25(22)15-21)32-26(36)17-38-29-34-33-27(35(29)9-2)20(5)37-24-12-10-11-18(3)19(24)4/h10-12,20-21H,8-9,13-15,17H2,1-7H3,(H,32,36). The third-order valence-electron chi connectivity index (χ3n) is 8.26. The number of carbonyl (C=O) groups is 1. The van der Waals surface area contributed by atoms with Gasteiger partial charge in [-0.25, -0.2) is 0 Å². The van der Waals surface area contributed by atoms with Crippen LogP contribution in [0.5, 0.6) is 5.75 Å². The molecule has 7 nitrogen and oxygen atoms in total. The largest absolute Gasteiger partial charge is 0.482 e. The summed E-state index contributed by atoms with van der Waals surface area (Å²) in [5, 5.41) is 23.0. The molecule has 1 aromatic carbocycles. The van der Waals surface area contributed by atoms with Gasteiger partial charge in [0.05, 0.1) is 11.3 Å². The molecule has 1 aliphatic rings. The number of nitriles is 1. The van der Waals surface area contributed by atoms with Gasteiger partial charge in [0.25, 0.3) is 0 Å². The highest BCUT2D eigenvalue weighted by atomic mass is 32.2. The summed E-state index contributed by atoms with van der Waals surface area (Å²) >= 11 is 2.92. The average Bonchev–Trinajstić information content (AvgIpc) is 3.49. The lowest BCUT2D eigenvalue weighted by molar-refractivity contribution is -0.113. The molecule has 3 aromatic rings. The van der Waals surface area contributed by atoms with E-state index in [1.165, 1.54) is 22.2 Å². The first-order valence-corrected chi connectivity index (χ1v) is 15.5. The summed E-state index contributed by atoms with van der Waals surface area (Å²) in [6.45, 7) is 15.7. The first kappa shape index (κ1) is 29.2. The van der Waals surface area contributed by atoms with Crippen molar-refractivity contribution in [2.45, 2.75) is 92.0 Å². The summed E-state index contributed by atoms with van der Waals surface area (Å²) in [6, 6.07) is 8.38. The summed E-state index contributed by atoms with van der Waals surface area (Å²) in [4.78, 5) is 14.2. The lowest BCUT2D eigenvalue weighted by Gasteiger charge is -2.36. The molecule has 208 valence electrons. The zero-order valence-corrected chi connectivity index (χ0v) is 25.7. The molecule has 0 saturated heterocycles. The molecule has 0 fully saturated rings. The molecule has 2 heterocycles. The topological polar surface area (TPSA) is 92.8 Å². The predicted octanol–water partition coefficient (Wildman–Crippen LogP) is 7.26. The summed E-state index contributed by atoms with van der Waals surface area (Å²) < 4.78 is 8.23. The van der Waals surface area contributed by atoms with Gasteiger partial charge in [-0.15, -0.1) is 21.5 Å². The third-order valence-corrected chi connectivity index (χ3v) is 10.4. The van der Waals surface area contributed by atoms with Crippen molar-refractivity contribution in [2.75, 3.05) is 11.1 Å². The van der Waals surface area contributed by atoms with Gasteiger partial charge in [-0.1, -0.05) is 51.1 Å². The molecule has 0 aliphatic heterocycles. The van der Waals surface area contributed by atoms with Crippen molar-refractivity contribution in [3.05, 3.63) is 51.2 Å². The normalized spacial score (nSPS) is 15.9. The van der Waals surface area contributed by atoms with E-state index in [0.717, 1.165) is 48.4 Å². The Kier molecular flexibility index (Phi) is 9.07. The van der Waals surface area contributed by atoms with Crippen LogP contribution in [0.15, 0.2) is 23.4 Å². The van der Waals surface area contributed by atoms with Gasteiger partial charge < -0.3 is 14.6 Å². The molecule has 9 heteroatoms. The molecule has 39 heavy (non-hydrogen) atoms.